The zero-order valence-corrected chi connectivity index (χ0v) is 16.6. The Morgan fingerprint density at radius 1 is 0.900 bits per heavy atom. The lowest BCUT2D eigenvalue weighted by Crippen LogP contribution is -2.28. The van der Waals surface area contributed by atoms with Gasteiger partial charge in [-0.05, 0) is 53.8 Å². The van der Waals surface area contributed by atoms with Crippen molar-refractivity contribution in [3.05, 3.63) is 101 Å². The SMILES string of the molecule is O=C(NCCc1ccccc1)c1ccc(NC(=O)C2OCCc3ccccc32)cc1. The van der Waals surface area contributed by atoms with Crippen LogP contribution in [-0.2, 0) is 22.4 Å². The minimum Gasteiger partial charge on any atom is -0.363 e. The van der Waals surface area contributed by atoms with E-state index < -0.39 is 6.10 Å². The van der Waals surface area contributed by atoms with Gasteiger partial charge in [-0.3, -0.25) is 9.59 Å². The van der Waals surface area contributed by atoms with Crippen LogP contribution in [0.4, 0.5) is 5.69 Å². The van der Waals surface area contributed by atoms with Crippen molar-refractivity contribution < 1.29 is 14.3 Å². The molecule has 3 aromatic carbocycles. The average Bonchev–Trinajstić information content (AvgIpc) is 2.80. The van der Waals surface area contributed by atoms with Crippen molar-refractivity contribution in [1.29, 1.82) is 0 Å². The van der Waals surface area contributed by atoms with Gasteiger partial charge in [-0.1, -0.05) is 54.6 Å². The predicted octanol–water partition coefficient (Wildman–Crippen LogP) is 3.91. The van der Waals surface area contributed by atoms with Gasteiger partial charge in [-0.25, -0.2) is 0 Å². The number of nitrogens with one attached hydrogen (secondary N) is 2. The van der Waals surface area contributed by atoms with Crippen LogP contribution in [0.3, 0.4) is 0 Å². The molecule has 0 fully saturated rings. The first-order valence-corrected chi connectivity index (χ1v) is 10.1. The highest BCUT2D eigenvalue weighted by molar-refractivity contribution is 5.97. The molecule has 0 spiro atoms. The molecule has 1 aliphatic heterocycles. The summed E-state index contributed by atoms with van der Waals surface area (Å²) in [6, 6.07) is 24.8. The molecule has 5 nitrogen and oxygen atoms in total. The zero-order chi connectivity index (χ0) is 20.8. The zero-order valence-electron chi connectivity index (χ0n) is 16.6. The van der Waals surface area contributed by atoms with E-state index in [0.717, 1.165) is 24.0 Å². The van der Waals surface area contributed by atoms with Gasteiger partial charge in [0.05, 0.1) is 6.61 Å². The summed E-state index contributed by atoms with van der Waals surface area (Å²) in [6.07, 6.45) is 0.980. The molecule has 5 heteroatoms. The van der Waals surface area contributed by atoms with Crippen LogP contribution in [0.2, 0.25) is 0 Å². The van der Waals surface area contributed by atoms with Gasteiger partial charge in [-0.15, -0.1) is 0 Å². The van der Waals surface area contributed by atoms with Crippen LogP contribution in [-0.4, -0.2) is 25.0 Å². The minimum atomic E-state index is -0.615. The number of carbonyl (C=O) groups is 2. The quantitative estimate of drug-likeness (QED) is 0.659. The summed E-state index contributed by atoms with van der Waals surface area (Å²) in [5.74, 6) is -0.337. The fourth-order valence-electron chi connectivity index (χ4n) is 3.59. The van der Waals surface area contributed by atoms with Crippen molar-refractivity contribution in [2.45, 2.75) is 18.9 Å². The van der Waals surface area contributed by atoms with Crippen LogP contribution in [0.1, 0.15) is 33.2 Å². The second-order valence-electron chi connectivity index (χ2n) is 7.26. The molecule has 1 aliphatic rings. The number of hydrogen-bond acceptors (Lipinski definition) is 3. The second-order valence-corrected chi connectivity index (χ2v) is 7.26. The number of fused-ring (bicyclic) bond motifs is 1. The normalized spacial score (nSPS) is 15.1. The predicted molar refractivity (Wildman–Crippen MR) is 116 cm³/mol. The summed E-state index contributed by atoms with van der Waals surface area (Å²) < 4.78 is 5.70. The van der Waals surface area contributed by atoms with E-state index in [1.165, 1.54) is 5.56 Å². The number of hydrogen-bond donors (Lipinski definition) is 2. The number of rotatable bonds is 6. The Morgan fingerprint density at radius 3 is 2.43 bits per heavy atom. The molecule has 3 aromatic rings. The van der Waals surface area contributed by atoms with Crippen LogP contribution in [0, 0.1) is 0 Å². The minimum absolute atomic E-state index is 0.131. The van der Waals surface area contributed by atoms with Crippen molar-refractivity contribution in [2.75, 3.05) is 18.5 Å². The van der Waals surface area contributed by atoms with Crippen LogP contribution in [0.25, 0.3) is 0 Å². The third-order valence-electron chi connectivity index (χ3n) is 5.19. The average molecular weight is 400 g/mol. The Morgan fingerprint density at radius 2 is 1.63 bits per heavy atom. The van der Waals surface area contributed by atoms with Gasteiger partial charge in [0.25, 0.3) is 11.8 Å². The Kier molecular flexibility index (Phi) is 6.20. The Balaban J connectivity index is 1.32. The molecule has 0 saturated carbocycles. The highest BCUT2D eigenvalue weighted by Crippen LogP contribution is 2.28. The van der Waals surface area contributed by atoms with Crippen molar-refractivity contribution in [3.63, 3.8) is 0 Å². The fraction of sp³-hybridized carbons (Fsp3) is 0.200. The monoisotopic (exact) mass is 400 g/mol. The largest absolute Gasteiger partial charge is 0.363 e. The van der Waals surface area contributed by atoms with Gasteiger partial charge < -0.3 is 15.4 Å². The van der Waals surface area contributed by atoms with Crippen LogP contribution in [0.15, 0.2) is 78.9 Å². The molecule has 1 heterocycles. The second kappa shape index (κ2) is 9.37. The fourth-order valence-corrected chi connectivity index (χ4v) is 3.59. The van der Waals surface area contributed by atoms with Crippen molar-refractivity contribution in [1.82, 2.24) is 5.32 Å². The first kappa shape index (κ1) is 19.9. The molecule has 1 atom stereocenters. The third kappa shape index (κ3) is 4.75. The van der Waals surface area contributed by atoms with Gasteiger partial charge in [-0.2, -0.15) is 0 Å². The van der Waals surface area contributed by atoms with E-state index in [1.807, 2.05) is 54.6 Å². The van der Waals surface area contributed by atoms with Gasteiger partial charge in [0, 0.05) is 17.8 Å². The maximum absolute atomic E-state index is 12.7. The van der Waals surface area contributed by atoms with Crippen molar-refractivity contribution in [3.8, 4) is 0 Å². The van der Waals surface area contributed by atoms with Crippen LogP contribution < -0.4 is 10.6 Å². The van der Waals surface area contributed by atoms with E-state index in [0.29, 0.717) is 24.4 Å². The van der Waals surface area contributed by atoms with Gasteiger partial charge in [0.15, 0.2) is 6.10 Å². The van der Waals surface area contributed by atoms with E-state index in [1.54, 1.807) is 24.3 Å². The van der Waals surface area contributed by atoms with Crippen molar-refractivity contribution in [2.24, 2.45) is 0 Å². The highest BCUT2D eigenvalue weighted by Gasteiger charge is 2.27. The first-order valence-electron chi connectivity index (χ1n) is 10.1. The van der Waals surface area contributed by atoms with Gasteiger partial charge in [0.1, 0.15) is 0 Å². The summed E-state index contributed by atoms with van der Waals surface area (Å²) >= 11 is 0. The third-order valence-corrected chi connectivity index (χ3v) is 5.19. The number of amides is 2. The Bertz CT molecular complexity index is 1020. The molecule has 0 aromatic heterocycles. The molecular formula is C25H24N2O3. The summed E-state index contributed by atoms with van der Waals surface area (Å²) in [6.45, 7) is 1.09. The molecule has 30 heavy (non-hydrogen) atoms. The molecule has 2 amide bonds. The van der Waals surface area contributed by atoms with E-state index in [2.05, 4.69) is 10.6 Å². The highest BCUT2D eigenvalue weighted by atomic mass is 16.5. The molecule has 2 N–H and O–H groups in total. The smallest absolute Gasteiger partial charge is 0.258 e. The van der Waals surface area contributed by atoms with E-state index in [4.69, 9.17) is 4.74 Å². The lowest BCUT2D eigenvalue weighted by molar-refractivity contribution is -0.128. The van der Waals surface area contributed by atoms with Crippen LogP contribution in [0.5, 0.6) is 0 Å². The Labute approximate surface area is 176 Å². The van der Waals surface area contributed by atoms with Gasteiger partial charge in [0.2, 0.25) is 0 Å². The summed E-state index contributed by atoms with van der Waals surface area (Å²) in [5.41, 5.74) is 4.43. The van der Waals surface area contributed by atoms with Crippen molar-refractivity contribution >= 4 is 17.5 Å². The van der Waals surface area contributed by atoms with Crippen LogP contribution >= 0.6 is 0 Å². The summed E-state index contributed by atoms with van der Waals surface area (Å²) in [7, 11) is 0. The lowest BCUT2D eigenvalue weighted by atomic mass is 9.97. The maximum atomic E-state index is 12.7. The van der Waals surface area contributed by atoms with E-state index in [9.17, 15) is 9.59 Å². The summed E-state index contributed by atoms with van der Waals surface area (Å²) in [4.78, 5) is 25.0. The lowest BCUT2D eigenvalue weighted by Gasteiger charge is -2.25. The molecule has 0 radical (unpaired) electrons. The first-order chi connectivity index (χ1) is 14.7. The molecule has 0 saturated heterocycles. The topological polar surface area (TPSA) is 67.4 Å². The van der Waals surface area contributed by atoms with E-state index in [-0.39, 0.29) is 11.8 Å². The van der Waals surface area contributed by atoms with E-state index >= 15 is 0 Å². The number of anilines is 1. The summed E-state index contributed by atoms with van der Waals surface area (Å²) in [5, 5.41) is 5.81. The number of benzene rings is 3. The molecule has 4 rings (SSSR count). The number of carbonyl (C=O) groups excluding carboxylic acids is 2. The van der Waals surface area contributed by atoms with Gasteiger partial charge >= 0.3 is 0 Å². The molecule has 0 aliphatic carbocycles. The maximum Gasteiger partial charge on any atom is 0.258 e. The molecular weight excluding hydrogens is 376 g/mol. The Hall–Kier alpha value is -3.44. The standard InChI is InChI=1S/C25H24N2O3/c28-24(26-16-14-18-6-2-1-3-7-18)20-10-12-21(13-11-20)27-25(29)23-22-9-5-4-8-19(22)15-17-30-23/h1-13,23H,14-17H2,(H,26,28)(H,27,29). The molecule has 1 unspecified atom stereocenters. The molecule has 152 valence electrons. The molecule has 0 bridgehead atoms. The number of ether oxygens (including phenoxy) is 1.